The van der Waals surface area contributed by atoms with Gasteiger partial charge in [0.15, 0.2) is 11.5 Å². The summed E-state index contributed by atoms with van der Waals surface area (Å²) in [5.74, 6) is 1.92. The molecule has 0 spiro atoms. The fourth-order valence-electron chi connectivity index (χ4n) is 2.13. The van der Waals surface area contributed by atoms with E-state index >= 15 is 0 Å². The smallest absolute Gasteiger partial charge is 0.179 e. The molecule has 19 heavy (non-hydrogen) atoms. The van der Waals surface area contributed by atoms with Gasteiger partial charge >= 0.3 is 0 Å². The van der Waals surface area contributed by atoms with E-state index in [0.717, 1.165) is 12.0 Å². The standard InChI is InChI=1S/C15H24ClNO2/c1-6-10(2)7-13(17-3)11-8-12(16)15(19-5)14(9-11)18-4/h8-10,13,17H,6-7H2,1-5H3. The van der Waals surface area contributed by atoms with Crippen molar-refractivity contribution in [1.82, 2.24) is 5.32 Å². The van der Waals surface area contributed by atoms with Crippen LogP contribution >= 0.6 is 11.6 Å². The van der Waals surface area contributed by atoms with E-state index in [2.05, 4.69) is 19.2 Å². The van der Waals surface area contributed by atoms with Gasteiger partial charge in [-0.15, -0.1) is 0 Å². The number of hydrogen-bond acceptors (Lipinski definition) is 3. The Bertz CT molecular complexity index is 409. The van der Waals surface area contributed by atoms with Gasteiger partial charge in [0.2, 0.25) is 0 Å². The van der Waals surface area contributed by atoms with Crippen molar-refractivity contribution in [2.24, 2.45) is 5.92 Å². The average molecular weight is 286 g/mol. The fraction of sp³-hybridized carbons (Fsp3) is 0.600. The molecule has 1 aromatic rings. The highest BCUT2D eigenvalue weighted by atomic mass is 35.5. The van der Waals surface area contributed by atoms with Crippen LogP contribution in [-0.4, -0.2) is 21.3 Å². The number of methoxy groups -OCH3 is 2. The topological polar surface area (TPSA) is 30.5 Å². The van der Waals surface area contributed by atoms with E-state index < -0.39 is 0 Å². The molecular weight excluding hydrogens is 262 g/mol. The minimum absolute atomic E-state index is 0.271. The van der Waals surface area contributed by atoms with Crippen LogP contribution in [0.3, 0.4) is 0 Å². The fourth-order valence-corrected chi connectivity index (χ4v) is 2.42. The van der Waals surface area contributed by atoms with Crippen LogP contribution in [0.1, 0.15) is 38.3 Å². The molecule has 2 atom stereocenters. The summed E-state index contributed by atoms with van der Waals surface area (Å²) >= 11 is 6.25. The Labute approximate surface area is 121 Å². The summed E-state index contributed by atoms with van der Waals surface area (Å²) in [5.41, 5.74) is 1.13. The molecule has 1 rings (SSSR count). The third-order valence-electron chi connectivity index (χ3n) is 3.54. The number of nitrogens with one attached hydrogen (secondary N) is 1. The molecule has 0 saturated carbocycles. The molecule has 0 aliphatic heterocycles. The largest absolute Gasteiger partial charge is 0.493 e. The third-order valence-corrected chi connectivity index (χ3v) is 3.82. The maximum absolute atomic E-state index is 6.25. The molecule has 3 nitrogen and oxygen atoms in total. The molecule has 1 N–H and O–H groups in total. The molecule has 0 amide bonds. The molecule has 1 aromatic carbocycles. The van der Waals surface area contributed by atoms with Crippen molar-refractivity contribution in [3.05, 3.63) is 22.7 Å². The highest BCUT2D eigenvalue weighted by molar-refractivity contribution is 6.32. The Balaban J connectivity index is 3.07. The van der Waals surface area contributed by atoms with Crippen LogP contribution in [0, 0.1) is 5.92 Å². The van der Waals surface area contributed by atoms with Crippen LogP contribution in [0.25, 0.3) is 0 Å². The molecule has 0 fully saturated rings. The molecule has 2 unspecified atom stereocenters. The summed E-state index contributed by atoms with van der Waals surface area (Å²) in [4.78, 5) is 0. The van der Waals surface area contributed by atoms with Gasteiger partial charge < -0.3 is 14.8 Å². The predicted octanol–water partition coefficient (Wildman–Crippen LogP) is 4.05. The summed E-state index contributed by atoms with van der Waals surface area (Å²) < 4.78 is 10.6. The van der Waals surface area contributed by atoms with Crippen LogP contribution in [0.15, 0.2) is 12.1 Å². The van der Waals surface area contributed by atoms with E-state index in [-0.39, 0.29) is 6.04 Å². The monoisotopic (exact) mass is 285 g/mol. The van der Waals surface area contributed by atoms with E-state index in [1.165, 1.54) is 6.42 Å². The maximum Gasteiger partial charge on any atom is 0.179 e. The Morgan fingerprint density at radius 3 is 2.42 bits per heavy atom. The van der Waals surface area contributed by atoms with E-state index in [1.54, 1.807) is 14.2 Å². The molecular formula is C15H24ClNO2. The van der Waals surface area contributed by atoms with E-state index in [0.29, 0.717) is 22.4 Å². The second-order valence-electron chi connectivity index (χ2n) is 4.83. The zero-order chi connectivity index (χ0) is 14.4. The summed E-state index contributed by atoms with van der Waals surface area (Å²) in [7, 11) is 5.19. The van der Waals surface area contributed by atoms with Crippen LogP contribution in [0.5, 0.6) is 11.5 Å². The molecule has 0 saturated heterocycles. The van der Waals surface area contributed by atoms with Crippen molar-refractivity contribution in [3.63, 3.8) is 0 Å². The Hall–Kier alpha value is -0.930. The lowest BCUT2D eigenvalue weighted by atomic mass is 9.94. The van der Waals surface area contributed by atoms with E-state index in [4.69, 9.17) is 21.1 Å². The van der Waals surface area contributed by atoms with Crippen LogP contribution in [-0.2, 0) is 0 Å². The molecule has 0 bridgehead atoms. The van der Waals surface area contributed by atoms with Crippen LogP contribution in [0.4, 0.5) is 0 Å². The van der Waals surface area contributed by atoms with Gasteiger partial charge in [-0.2, -0.15) is 0 Å². The molecule has 0 radical (unpaired) electrons. The molecule has 0 aliphatic carbocycles. The van der Waals surface area contributed by atoms with Gasteiger partial charge in [0, 0.05) is 6.04 Å². The van der Waals surface area contributed by atoms with Crippen molar-refractivity contribution in [2.45, 2.75) is 32.7 Å². The van der Waals surface area contributed by atoms with Crippen molar-refractivity contribution in [3.8, 4) is 11.5 Å². The summed E-state index contributed by atoms with van der Waals surface area (Å²) in [6, 6.07) is 4.22. The SMILES string of the molecule is CCC(C)CC(NC)c1cc(Cl)c(OC)c(OC)c1. The maximum atomic E-state index is 6.25. The van der Waals surface area contributed by atoms with Crippen LogP contribution in [0.2, 0.25) is 5.02 Å². The third kappa shape index (κ3) is 4.02. The van der Waals surface area contributed by atoms with Gasteiger partial charge in [-0.25, -0.2) is 0 Å². The van der Waals surface area contributed by atoms with E-state index in [9.17, 15) is 0 Å². The van der Waals surface area contributed by atoms with Crippen molar-refractivity contribution in [1.29, 1.82) is 0 Å². The van der Waals surface area contributed by atoms with Crippen molar-refractivity contribution in [2.75, 3.05) is 21.3 Å². The quantitative estimate of drug-likeness (QED) is 0.820. The highest BCUT2D eigenvalue weighted by Crippen LogP contribution is 2.38. The first-order chi connectivity index (χ1) is 9.07. The Kier molecular flexibility index (Phi) is 6.46. The summed E-state index contributed by atoms with van der Waals surface area (Å²) in [6.45, 7) is 4.46. The predicted molar refractivity (Wildman–Crippen MR) is 80.4 cm³/mol. The lowest BCUT2D eigenvalue weighted by molar-refractivity contribution is 0.353. The van der Waals surface area contributed by atoms with Gasteiger partial charge in [0.25, 0.3) is 0 Å². The first kappa shape index (κ1) is 16.1. The molecule has 108 valence electrons. The number of hydrogen-bond donors (Lipinski definition) is 1. The zero-order valence-electron chi connectivity index (χ0n) is 12.4. The Morgan fingerprint density at radius 2 is 1.95 bits per heavy atom. The molecule has 0 aromatic heterocycles. The number of halogens is 1. The number of benzene rings is 1. The number of ether oxygens (including phenoxy) is 2. The second-order valence-corrected chi connectivity index (χ2v) is 5.24. The average Bonchev–Trinajstić information content (AvgIpc) is 2.43. The van der Waals surface area contributed by atoms with Gasteiger partial charge in [-0.1, -0.05) is 31.9 Å². The highest BCUT2D eigenvalue weighted by Gasteiger charge is 2.17. The molecule has 0 aliphatic rings. The van der Waals surface area contributed by atoms with Gasteiger partial charge in [0.05, 0.1) is 19.2 Å². The van der Waals surface area contributed by atoms with Crippen LogP contribution < -0.4 is 14.8 Å². The number of rotatable bonds is 7. The minimum Gasteiger partial charge on any atom is -0.493 e. The zero-order valence-corrected chi connectivity index (χ0v) is 13.2. The summed E-state index contributed by atoms with van der Waals surface area (Å²) in [6.07, 6.45) is 2.23. The minimum atomic E-state index is 0.271. The Morgan fingerprint density at radius 1 is 1.26 bits per heavy atom. The molecule has 4 heteroatoms. The van der Waals surface area contributed by atoms with Crippen molar-refractivity contribution < 1.29 is 9.47 Å². The van der Waals surface area contributed by atoms with E-state index in [1.807, 2.05) is 19.2 Å². The first-order valence-electron chi connectivity index (χ1n) is 6.65. The lowest BCUT2D eigenvalue weighted by Crippen LogP contribution is -2.19. The van der Waals surface area contributed by atoms with Gasteiger partial charge in [-0.3, -0.25) is 0 Å². The first-order valence-corrected chi connectivity index (χ1v) is 7.03. The normalized spacial score (nSPS) is 14.0. The van der Waals surface area contributed by atoms with Gasteiger partial charge in [0.1, 0.15) is 0 Å². The molecule has 0 heterocycles. The van der Waals surface area contributed by atoms with Crippen molar-refractivity contribution >= 4 is 11.6 Å². The summed E-state index contributed by atoms with van der Waals surface area (Å²) in [5, 5.41) is 3.93. The second kappa shape index (κ2) is 7.61. The lowest BCUT2D eigenvalue weighted by Gasteiger charge is -2.22. The van der Waals surface area contributed by atoms with Gasteiger partial charge in [-0.05, 0) is 37.1 Å².